The first-order valence-electron chi connectivity index (χ1n) is 8.71. The van der Waals surface area contributed by atoms with Gasteiger partial charge in [-0.05, 0) is 48.2 Å². The van der Waals surface area contributed by atoms with Gasteiger partial charge in [-0.3, -0.25) is 4.79 Å². The molecule has 0 aliphatic rings. The Morgan fingerprint density at radius 3 is 2.50 bits per heavy atom. The zero-order valence-corrected chi connectivity index (χ0v) is 16.4. The van der Waals surface area contributed by atoms with Crippen molar-refractivity contribution in [3.05, 3.63) is 65.2 Å². The fourth-order valence-corrected chi connectivity index (χ4v) is 2.85. The van der Waals surface area contributed by atoms with Crippen molar-refractivity contribution in [2.75, 3.05) is 12.4 Å². The van der Waals surface area contributed by atoms with Gasteiger partial charge in [-0.25, -0.2) is 5.43 Å². The van der Waals surface area contributed by atoms with Gasteiger partial charge in [0.2, 0.25) is 5.91 Å². The number of rotatable bonds is 9. The maximum atomic E-state index is 11.8. The van der Waals surface area contributed by atoms with E-state index in [1.165, 1.54) is 11.1 Å². The molecule has 0 heterocycles. The van der Waals surface area contributed by atoms with Gasteiger partial charge in [0.1, 0.15) is 5.75 Å². The van der Waals surface area contributed by atoms with Crippen LogP contribution in [-0.4, -0.2) is 24.5 Å². The quantitative estimate of drug-likeness (QED) is 0.525. The molecule has 1 amide bonds. The molecule has 2 aromatic rings. The lowest BCUT2D eigenvalue weighted by molar-refractivity contribution is -0.118. The van der Waals surface area contributed by atoms with Crippen LogP contribution < -0.4 is 10.2 Å². The lowest BCUT2D eigenvalue weighted by Crippen LogP contribution is -2.19. The Morgan fingerprint density at radius 2 is 1.85 bits per heavy atom. The smallest absolute Gasteiger partial charge is 0.250 e. The van der Waals surface area contributed by atoms with Gasteiger partial charge in [-0.2, -0.15) is 5.10 Å². The number of ether oxygens (including phenoxy) is 1. The maximum Gasteiger partial charge on any atom is 0.250 e. The molecule has 0 aliphatic carbocycles. The summed E-state index contributed by atoms with van der Waals surface area (Å²) < 4.78 is 5.64. The second-order valence-corrected chi connectivity index (χ2v) is 7.53. The van der Waals surface area contributed by atoms with Gasteiger partial charge in [0.15, 0.2) is 0 Å². The molecule has 0 aliphatic heterocycles. The summed E-state index contributed by atoms with van der Waals surface area (Å²) in [6.07, 6.45) is 1.63. The van der Waals surface area contributed by atoms with Gasteiger partial charge >= 0.3 is 0 Å². The highest BCUT2D eigenvalue weighted by molar-refractivity contribution is 7.99. The molecule has 0 unspecified atom stereocenters. The summed E-state index contributed by atoms with van der Waals surface area (Å²) in [4.78, 5) is 11.8. The van der Waals surface area contributed by atoms with E-state index in [9.17, 15) is 4.79 Å². The molecule has 2 rings (SSSR count). The Labute approximate surface area is 160 Å². The first-order valence-corrected chi connectivity index (χ1v) is 9.86. The van der Waals surface area contributed by atoms with Gasteiger partial charge in [0.05, 0.1) is 18.6 Å². The summed E-state index contributed by atoms with van der Waals surface area (Å²) in [6, 6.07) is 16.0. The monoisotopic (exact) mass is 370 g/mol. The van der Waals surface area contributed by atoms with Crippen LogP contribution in [-0.2, 0) is 10.5 Å². The standard InChI is InChI=1S/C21H26N2O2S/c1-16(2)13-25-20-10-8-18(9-11-20)12-22-23-21(24)15-26-14-19-6-4-17(3)5-7-19/h4-12,16H,13-15H2,1-3H3,(H,23,24)/b22-12-. The molecule has 0 bridgehead atoms. The average Bonchev–Trinajstić information content (AvgIpc) is 2.63. The van der Waals surface area contributed by atoms with E-state index in [0.29, 0.717) is 18.3 Å². The number of nitrogens with one attached hydrogen (secondary N) is 1. The molecule has 4 nitrogen and oxygen atoms in total. The van der Waals surface area contributed by atoms with Crippen molar-refractivity contribution in [3.63, 3.8) is 0 Å². The van der Waals surface area contributed by atoms with Crippen LogP contribution in [0.3, 0.4) is 0 Å². The normalized spacial score (nSPS) is 11.1. The first-order chi connectivity index (χ1) is 12.5. The van der Waals surface area contributed by atoms with Crippen LogP contribution in [0.2, 0.25) is 0 Å². The summed E-state index contributed by atoms with van der Waals surface area (Å²) in [5.74, 6) is 2.43. The van der Waals surface area contributed by atoms with Crippen molar-refractivity contribution in [1.29, 1.82) is 0 Å². The van der Waals surface area contributed by atoms with Crippen LogP contribution in [0.5, 0.6) is 5.75 Å². The molecule has 1 N–H and O–H groups in total. The van der Waals surface area contributed by atoms with E-state index < -0.39 is 0 Å². The zero-order chi connectivity index (χ0) is 18.8. The molecular formula is C21H26N2O2S. The summed E-state index contributed by atoms with van der Waals surface area (Å²) >= 11 is 1.57. The Kier molecular flexibility index (Phi) is 8.22. The fraction of sp³-hybridized carbons (Fsp3) is 0.333. The minimum atomic E-state index is -0.102. The summed E-state index contributed by atoms with van der Waals surface area (Å²) in [5.41, 5.74) is 5.93. The third-order valence-electron chi connectivity index (χ3n) is 3.49. The van der Waals surface area contributed by atoms with Gasteiger partial charge in [0, 0.05) is 5.75 Å². The minimum Gasteiger partial charge on any atom is -0.493 e. The van der Waals surface area contributed by atoms with Gasteiger partial charge in [0.25, 0.3) is 0 Å². The molecule has 0 spiro atoms. The second-order valence-electron chi connectivity index (χ2n) is 6.55. The Morgan fingerprint density at radius 1 is 1.15 bits per heavy atom. The number of thioether (sulfide) groups is 1. The van der Waals surface area contributed by atoms with E-state index >= 15 is 0 Å². The SMILES string of the molecule is Cc1ccc(CSCC(=O)N/N=C\c2ccc(OCC(C)C)cc2)cc1. The van der Waals surface area contributed by atoms with Crippen molar-refractivity contribution >= 4 is 23.9 Å². The Balaban J connectivity index is 1.68. The molecule has 0 aromatic heterocycles. The molecule has 0 radical (unpaired) electrons. The number of amides is 1. The zero-order valence-electron chi connectivity index (χ0n) is 15.6. The number of carbonyl (C=O) groups excluding carboxylic acids is 1. The van der Waals surface area contributed by atoms with Crippen LogP contribution in [0.4, 0.5) is 0 Å². The van der Waals surface area contributed by atoms with E-state index in [-0.39, 0.29) is 5.91 Å². The number of hydrogen-bond acceptors (Lipinski definition) is 4. The molecule has 26 heavy (non-hydrogen) atoms. The van der Waals surface area contributed by atoms with Gasteiger partial charge in [-0.1, -0.05) is 43.7 Å². The summed E-state index contributed by atoms with van der Waals surface area (Å²) in [5, 5.41) is 4.00. The predicted molar refractivity (Wildman–Crippen MR) is 110 cm³/mol. The highest BCUT2D eigenvalue weighted by atomic mass is 32.2. The highest BCUT2D eigenvalue weighted by Crippen LogP contribution is 2.13. The average molecular weight is 371 g/mol. The van der Waals surface area contributed by atoms with Crippen LogP contribution in [0.1, 0.15) is 30.5 Å². The first kappa shape index (κ1) is 20.0. The second kappa shape index (κ2) is 10.7. The summed E-state index contributed by atoms with van der Waals surface area (Å²) in [7, 11) is 0. The van der Waals surface area contributed by atoms with Crippen LogP contribution in [0, 0.1) is 12.8 Å². The van der Waals surface area contributed by atoms with E-state index in [4.69, 9.17) is 4.74 Å². The van der Waals surface area contributed by atoms with Crippen LogP contribution in [0.25, 0.3) is 0 Å². The molecular weight excluding hydrogens is 344 g/mol. The molecule has 138 valence electrons. The molecule has 5 heteroatoms. The lowest BCUT2D eigenvalue weighted by Gasteiger charge is -2.08. The van der Waals surface area contributed by atoms with E-state index in [1.807, 2.05) is 24.3 Å². The van der Waals surface area contributed by atoms with Crippen LogP contribution in [0.15, 0.2) is 53.6 Å². The lowest BCUT2D eigenvalue weighted by atomic mass is 10.2. The third kappa shape index (κ3) is 7.74. The van der Waals surface area contributed by atoms with Crippen molar-refractivity contribution in [3.8, 4) is 5.75 Å². The predicted octanol–water partition coefficient (Wildman–Crippen LogP) is 4.41. The highest BCUT2D eigenvalue weighted by Gasteiger charge is 2.01. The minimum absolute atomic E-state index is 0.102. The Hall–Kier alpha value is -2.27. The number of carbonyl (C=O) groups is 1. The summed E-state index contributed by atoms with van der Waals surface area (Å²) in [6.45, 7) is 6.99. The van der Waals surface area contributed by atoms with Crippen molar-refractivity contribution in [2.24, 2.45) is 11.0 Å². The maximum absolute atomic E-state index is 11.8. The topological polar surface area (TPSA) is 50.7 Å². The number of benzene rings is 2. The molecule has 2 aromatic carbocycles. The van der Waals surface area contributed by atoms with E-state index in [0.717, 1.165) is 17.1 Å². The van der Waals surface area contributed by atoms with E-state index in [1.54, 1.807) is 18.0 Å². The van der Waals surface area contributed by atoms with Gasteiger partial charge < -0.3 is 4.74 Å². The van der Waals surface area contributed by atoms with Crippen molar-refractivity contribution in [2.45, 2.75) is 26.5 Å². The number of aryl methyl sites for hydroxylation is 1. The van der Waals surface area contributed by atoms with Gasteiger partial charge in [-0.15, -0.1) is 11.8 Å². The number of hydrazone groups is 1. The molecule has 0 saturated carbocycles. The largest absolute Gasteiger partial charge is 0.493 e. The molecule has 0 fully saturated rings. The van der Waals surface area contributed by atoms with Crippen molar-refractivity contribution in [1.82, 2.24) is 5.43 Å². The fourth-order valence-electron chi connectivity index (χ4n) is 2.07. The van der Waals surface area contributed by atoms with Crippen molar-refractivity contribution < 1.29 is 9.53 Å². The molecule has 0 saturated heterocycles. The number of hydrogen-bond donors (Lipinski definition) is 1. The Bertz CT molecular complexity index is 710. The third-order valence-corrected chi connectivity index (χ3v) is 4.49. The number of nitrogens with zero attached hydrogens (tertiary/aromatic N) is 1. The van der Waals surface area contributed by atoms with Crippen LogP contribution >= 0.6 is 11.8 Å². The molecule has 0 atom stereocenters. The van der Waals surface area contributed by atoms with E-state index in [2.05, 4.69) is 55.6 Å².